The number of anilines is 1. The predicted molar refractivity (Wildman–Crippen MR) is 137 cm³/mol. The molecule has 0 radical (unpaired) electrons. The number of halogens is 1. The number of carbonyl (C=O) groups excluding carboxylic acids is 1. The van der Waals surface area contributed by atoms with Crippen LogP contribution in [0.4, 0.5) is 9.52 Å². The minimum absolute atomic E-state index is 0.0219. The number of nitrogens with zero attached hydrogens (tertiary/aromatic N) is 3. The van der Waals surface area contributed by atoms with Gasteiger partial charge >= 0.3 is 0 Å². The first-order valence-electron chi connectivity index (χ1n) is 11.6. The second-order valence-corrected chi connectivity index (χ2v) is 12.5. The van der Waals surface area contributed by atoms with Crippen molar-refractivity contribution in [2.75, 3.05) is 11.1 Å². The van der Waals surface area contributed by atoms with Crippen LogP contribution in [0.1, 0.15) is 54.1 Å². The Kier molecular flexibility index (Phi) is 7.54. The van der Waals surface area contributed by atoms with E-state index in [1.807, 2.05) is 6.07 Å². The molecule has 2 heterocycles. The smallest absolute Gasteiger partial charge is 0.230 e. The number of benzene rings is 2. The summed E-state index contributed by atoms with van der Waals surface area (Å²) in [7, 11) is -3.28. The molecule has 0 spiro atoms. The zero-order valence-electron chi connectivity index (χ0n) is 20.3. The van der Waals surface area contributed by atoms with Crippen molar-refractivity contribution in [1.82, 2.24) is 9.88 Å². The second kappa shape index (κ2) is 10.5. The highest BCUT2D eigenvalue weighted by Crippen LogP contribution is 2.43. The molecule has 10 heteroatoms. The Morgan fingerprint density at radius 1 is 1.25 bits per heavy atom. The van der Waals surface area contributed by atoms with Crippen LogP contribution in [-0.4, -0.2) is 30.0 Å². The average molecular weight is 527 g/mol. The monoisotopic (exact) mass is 526 g/mol. The molecular weight excluding hydrogens is 499 g/mol. The van der Waals surface area contributed by atoms with Crippen molar-refractivity contribution in [3.63, 3.8) is 0 Å². The lowest BCUT2D eigenvalue weighted by atomic mass is 10.0. The molecule has 1 aromatic heterocycles. The van der Waals surface area contributed by atoms with Crippen LogP contribution in [0.3, 0.4) is 0 Å². The first-order chi connectivity index (χ1) is 17.1. The van der Waals surface area contributed by atoms with Crippen molar-refractivity contribution in [2.45, 2.75) is 51.2 Å². The van der Waals surface area contributed by atoms with Crippen molar-refractivity contribution in [2.24, 2.45) is 5.92 Å². The van der Waals surface area contributed by atoms with Gasteiger partial charge in [0.05, 0.1) is 34.4 Å². The van der Waals surface area contributed by atoms with Crippen LogP contribution in [0.2, 0.25) is 0 Å². The Bertz CT molecular complexity index is 1430. The fraction of sp³-hybridized carbons (Fsp3) is 0.346. The molecule has 1 aliphatic heterocycles. The molecular formula is C26H27FN4O3S2. The summed E-state index contributed by atoms with van der Waals surface area (Å²) in [6.45, 7) is 6.97. The van der Waals surface area contributed by atoms with Crippen LogP contribution >= 0.6 is 11.3 Å². The van der Waals surface area contributed by atoms with E-state index in [-0.39, 0.29) is 40.5 Å². The molecule has 4 rings (SSSR count). The van der Waals surface area contributed by atoms with E-state index >= 15 is 0 Å². The SMILES string of the molecule is CCS(=O)(=O)c1ccc(CC(=O)Nc2nc3c(s2)CN(Cc2ccc(C#N)c(F)c2)[C@@H]3C(C)C)cc1. The van der Waals surface area contributed by atoms with Crippen molar-refractivity contribution < 1.29 is 17.6 Å². The molecule has 0 bridgehead atoms. The van der Waals surface area contributed by atoms with Gasteiger partial charge in [0.1, 0.15) is 11.9 Å². The molecule has 1 atom stereocenters. The zero-order valence-corrected chi connectivity index (χ0v) is 21.9. The van der Waals surface area contributed by atoms with Gasteiger partial charge in [-0.1, -0.05) is 39.0 Å². The highest BCUT2D eigenvalue weighted by Gasteiger charge is 2.36. The predicted octanol–water partition coefficient (Wildman–Crippen LogP) is 4.84. The van der Waals surface area contributed by atoms with E-state index in [0.29, 0.717) is 23.8 Å². The number of nitriles is 1. The fourth-order valence-corrected chi connectivity index (χ4v) is 6.35. The Morgan fingerprint density at radius 3 is 2.56 bits per heavy atom. The van der Waals surface area contributed by atoms with Crippen molar-refractivity contribution in [3.05, 3.63) is 75.5 Å². The molecule has 1 amide bonds. The summed E-state index contributed by atoms with van der Waals surface area (Å²) < 4.78 is 38.0. The zero-order chi connectivity index (χ0) is 26.0. The summed E-state index contributed by atoms with van der Waals surface area (Å²) in [5.74, 6) is -0.465. The van der Waals surface area contributed by atoms with E-state index in [1.165, 1.54) is 35.6 Å². The van der Waals surface area contributed by atoms with Crippen LogP contribution < -0.4 is 5.32 Å². The lowest BCUT2D eigenvalue weighted by Gasteiger charge is -2.27. The lowest BCUT2D eigenvalue weighted by molar-refractivity contribution is -0.115. The molecule has 1 aliphatic rings. The highest BCUT2D eigenvalue weighted by molar-refractivity contribution is 7.91. The number of sulfone groups is 1. The first-order valence-corrected chi connectivity index (χ1v) is 14.1. The van der Waals surface area contributed by atoms with Crippen LogP contribution in [0, 0.1) is 23.1 Å². The quantitative estimate of drug-likeness (QED) is 0.451. The maximum absolute atomic E-state index is 14.1. The van der Waals surface area contributed by atoms with E-state index in [1.54, 1.807) is 25.1 Å². The van der Waals surface area contributed by atoms with Crippen molar-refractivity contribution >= 4 is 32.2 Å². The topological polar surface area (TPSA) is 103 Å². The van der Waals surface area contributed by atoms with E-state index in [4.69, 9.17) is 10.2 Å². The molecule has 1 N–H and O–H groups in total. The molecule has 0 aliphatic carbocycles. The molecule has 2 aromatic carbocycles. The maximum Gasteiger partial charge on any atom is 0.230 e. The summed E-state index contributed by atoms with van der Waals surface area (Å²) in [4.78, 5) is 20.9. The molecule has 0 unspecified atom stereocenters. The van der Waals surface area contributed by atoms with E-state index < -0.39 is 15.7 Å². The van der Waals surface area contributed by atoms with Gasteiger partial charge in [0.25, 0.3) is 0 Å². The summed E-state index contributed by atoms with van der Waals surface area (Å²) in [5.41, 5.74) is 2.46. The van der Waals surface area contributed by atoms with Gasteiger partial charge in [-0.2, -0.15) is 5.26 Å². The van der Waals surface area contributed by atoms with E-state index in [2.05, 4.69) is 24.1 Å². The van der Waals surface area contributed by atoms with Gasteiger partial charge in [-0.05, 0) is 41.3 Å². The van der Waals surface area contributed by atoms with E-state index in [9.17, 15) is 17.6 Å². The molecule has 0 fully saturated rings. The van der Waals surface area contributed by atoms with Crippen molar-refractivity contribution in [1.29, 1.82) is 5.26 Å². The normalized spacial score (nSPS) is 15.6. The number of hydrogen-bond acceptors (Lipinski definition) is 7. The van der Waals surface area contributed by atoms with Crippen LogP contribution in [0.15, 0.2) is 47.4 Å². The third kappa shape index (κ3) is 5.48. The van der Waals surface area contributed by atoms with Gasteiger partial charge in [0.15, 0.2) is 15.0 Å². The van der Waals surface area contributed by atoms with Crippen LogP contribution in [0.5, 0.6) is 0 Å². The van der Waals surface area contributed by atoms with Crippen molar-refractivity contribution in [3.8, 4) is 6.07 Å². The number of fused-ring (bicyclic) bond motifs is 1. The third-order valence-corrected chi connectivity index (χ3v) is 8.91. The lowest BCUT2D eigenvalue weighted by Crippen LogP contribution is -2.26. The number of hydrogen-bond donors (Lipinski definition) is 1. The second-order valence-electron chi connectivity index (χ2n) is 9.12. The van der Waals surface area contributed by atoms with Gasteiger partial charge in [-0.25, -0.2) is 17.8 Å². The molecule has 0 saturated heterocycles. The minimum atomic E-state index is -3.28. The molecule has 188 valence electrons. The number of thiazole rings is 1. The van der Waals surface area contributed by atoms with Gasteiger partial charge in [0, 0.05) is 18.0 Å². The molecule has 0 saturated carbocycles. The maximum atomic E-state index is 14.1. The molecule has 3 aromatic rings. The Morgan fingerprint density at radius 2 is 1.94 bits per heavy atom. The molecule has 36 heavy (non-hydrogen) atoms. The largest absolute Gasteiger partial charge is 0.302 e. The third-order valence-electron chi connectivity index (χ3n) is 6.19. The van der Waals surface area contributed by atoms with Crippen LogP contribution in [-0.2, 0) is 34.1 Å². The van der Waals surface area contributed by atoms with Crippen LogP contribution in [0.25, 0.3) is 0 Å². The number of carbonyl (C=O) groups is 1. The number of rotatable bonds is 8. The summed E-state index contributed by atoms with van der Waals surface area (Å²) in [6.07, 6.45) is 0.112. The highest BCUT2D eigenvalue weighted by atomic mass is 32.2. The Labute approximate surface area is 214 Å². The standard InChI is InChI=1S/C26H27FN4O3S2/c1-4-36(33,34)20-9-6-17(7-10-20)12-23(32)29-26-30-24-22(35-26)15-31(25(24)16(2)3)14-18-5-8-19(13-28)21(27)11-18/h5-11,16,25H,4,12,14-15H2,1-3H3,(H,29,30,32)/t25-/m1/s1. The minimum Gasteiger partial charge on any atom is -0.302 e. The van der Waals surface area contributed by atoms with Gasteiger partial charge in [0.2, 0.25) is 5.91 Å². The summed E-state index contributed by atoms with van der Waals surface area (Å²) >= 11 is 1.43. The first kappa shape index (κ1) is 25.9. The number of amides is 1. The number of aromatic nitrogens is 1. The summed E-state index contributed by atoms with van der Waals surface area (Å²) in [6, 6.07) is 12.9. The summed E-state index contributed by atoms with van der Waals surface area (Å²) in [5, 5.41) is 12.4. The fourth-order valence-electron chi connectivity index (χ4n) is 4.42. The Balaban J connectivity index is 1.43. The number of nitrogens with one attached hydrogen (secondary N) is 1. The Hall–Kier alpha value is -3.13. The van der Waals surface area contributed by atoms with Gasteiger partial charge in [-0.15, -0.1) is 11.3 Å². The van der Waals surface area contributed by atoms with Gasteiger partial charge in [-0.3, -0.25) is 9.69 Å². The van der Waals surface area contributed by atoms with E-state index in [0.717, 1.165) is 16.1 Å². The average Bonchev–Trinajstić information content (AvgIpc) is 3.35. The molecule has 7 nitrogen and oxygen atoms in total. The van der Waals surface area contributed by atoms with Gasteiger partial charge < -0.3 is 5.32 Å².